The second kappa shape index (κ2) is 8.74. The normalized spacial score (nSPS) is 19.5. The van der Waals surface area contributed by atoms with Gasteiger partial charge in [-0.2, -0.15) is 10.2 Å². The summed E-state index contributed by atoms with van der Waals surface area (Å²) in [5, 5.41) is 13.4. The van der Waals surface area contributed by atoms with Crippen molar-refractivity contribution in [1.29, 1.82) is 0 Å². The van der Waals surface area contributed by atoms with Crippen molar-refractivity contribution in [2.45, 2.75) is 57.5 Å². The van der Waals surface area contributed by atoms with E-state index in [0.717, 1.165) is 73.4 Å². The first-order chi connectivity index (χ1) is 15.2. The van der Waals surface area contributed by atoms with Crippen LogP contribution < -0.4 is 10.9 Å². The van der Waals surface area contributed by atoms with Crippen LogP contribution in [0.1, 0.15) is 43.4 Å². The fourth-order valence-corrected chi connectivity index (χ4v) is 4.89. The molecule has 1 aliphatic heterocycles. The molecule has 0 amide bonds. The van der Waals surface area contributed by atoms with Crippen molar-refractivity contribution in [2.24, 2.45) is 7.05 Å². The fraction of sp³-hybridized carbons (Fsp3) is 0.591. The number of rotatable bonds is 6. The molecule has 1 atom stereocenters. The van der Waals surface area contributed by atoms with E-state index in [4.69, 9.17) is 0 Å². The Labute approximate surface area is 181 Å². The maximum Gasteiger partial charge on any atom is 0.267 e. The zero-order valence-electron chi connectivity index (χ0n) is 18.1. The molecule has 2 aliphatic rings. The first-order valence-electron chi connectivity index (χ1n) is 11.4. The zero-order chi connectivity index (χ0) is 21.2. The van der Waals surface area contributed by atoms with Crippen molar-refractivity contribution in [3.63, 3.8) is 0 Å². The van der Waals surface area contributed by atoms with Gasteiger partial charge in [-0.3, -0.25) is 14.4 Å². The number of nitrogens with one attached hydrogen (secondary N) is 1. The fourth-order valence-electron chi connectivity index (χ4n) is 4.89. The summed E-state index contributed by atoms with van der Waals surface area (Å²) in [6.07, 6.45) is 11.3. The summed E-state index contributed by atoms with van der Waals surface area (Å²) in [5.41, 5.74) is 3.13. The minimum Gasteiger partial charge on any atom is -0.368 e. The van der Waals surface area contributed by atoms with Crippen LogP contribution in [-0.4, -0.2) is 60.1 Å². The maximum absolute atomic E-state index is 12.5. The quantitative estimate of drug-likeness (QED) is 0.647. The SMILES string of the molecule is Cn1ncc2c(NCC3CCCCN3CCn3nc4c(cc3=O)CCCC4)ncnc21. The molecule has 1 N–H and O–H groups in total. The van der Waals surface area contributed by atoms with E-state index in [2.05, 4.69) is 30.4 Å². The van der Waals surface area contributed by atoms with Crippen molar-refractivity contribution in [3.05, 3.63) is 40.2 Å². The number of fused-ring (bicyclic) bond motifs is 2. The molecule has 1 saturated heterocycles. The Balaban J connectivity index is 1.25. The van der Waals surface area contributed by atoms with Crippen molar-refractivity contribution < 1.29 is 0 Å². The number of aromatic nitrogens is 6. The van der Waals surface area contributed by atoms with Gasteiger partial charge in [0.15, 0.2) is 5.65 Å². The van der Waals surface area contributed by atoms with Crippen LogP contribution in [-0.2, 0) is 26.4 Å². The Morgan fingerprint density at radius 1 is 1.13 bits per heavy atom. The Bertz CT molecular complexity index is 1120. The average molecular weight is 423 g/mol. The summed E-state index contributed by atoms with van der Waals surface area (Å²) in [6.45, 7) is 3.35. The molecule has 1 aliphatic carbocycles. The van der Waals surface area contributed by atoms with Crippen LogP contribution in [0.5, 0.6) is 0 Å². The van der Waals surface area contributed by atoms with Gasteiger partial charge in [0, 0.05) is 32.2 Å². The van der Waals surface area contributed by atoms with E-state index in [9.17, 15) is 4.79 Å². The van der Waals surface area contributed by atoms with Crippen molar-refractivity contribution in [3.8, 4) is 0 Å². The molecule has 1 fully saturated rings. The lowest BCUT2D eigenvalue weighted by molar-refractivity contribution is 0.147. The highest BCUT2D eigenvalue weighted by atomic mass is 16.1. The molecule has 3 aromatic heterocycles. The molecule has 0 aromatic carbocycles. The van der Waals surface area contributed by atoms with Gasteiger partial charge in [0.05, 0.1) is 23.8 Å². The van der Waals surface area contributed by atoms with E-state index in [1.807, 2.05) is 19.3 Å². The monoisotopic (exact) mass is 422 g/mol. The van der Waals surface area contributed by atoms with Gasteiger partial charge >= 0.3 is 0 Å². The van der Waals surface area contributed by atoms with Gasteiger partial charge in [0.1, 0.15) is 12.1 Å². The Morgan fingerprint density at radius 2 is 2.03 bits per heavy atom. The molecule has 9 heteroatoms. The highest BCUT2D eigenvalue weighted by molar-refractivity contribution is 5.85. The van der Waals surface area contributed by atoms with Crippen LogP contribution >= 0.6 is 0 Å². The van der Waals surface area contributed by atoms with E-state index in [1.165, 1.54) is 19.3 Å². The standard InChI is InChI=1S/C22H30N8O/c1-28-22-18(14-26-28)21(24-15-25-22)23-13-17-7-4-5-9-29(17)10-11-30-20(31)12-16-6-2-3-8-19(16)27-30/h12,14-15,17H,2-11,13H2,1H3,(H,23,24,25). The van der Waals surface area contributed by atoms with Crippen LogP contribution in [0.15, 0.2) is 23.4 Å². The summed E-state index contributed by atoms with van der Waals surface area (Å²) in [6, 6.07) is 2.22. The molecule has 1 unspecified atom stereocenters. The molecule has 31 heavy (non-hydrogen) atoms. The van der Waals surface area contributed by atoms with Crippen molar-refractivity contribution >= 4 is 16.9 Å². The second-order valence-electron chi connectivity index (χ2n) is 8.68. The third-order valence-corrected chi connectivity index (χ3v) is 6.66. The maximum atomic E-state index is 12.5. The lowest BCUT2D eigenvalue weighted by atomic mass is 9.97. The van der Waals surface area contributed by atoms with Crippen molar-refractivity contribution in [1.82, 2.24) is 34.4 Å². The average Bonchev–Trinajstić information content (AvgIpc) is 3.18. The number of nitrogens with zero attached hydrogens (tertiary/aromatic N) is 7. The smallest absolute Gasteiger partial charge is 0.267 e. The topological polar surface area (TPSA) is 93.8 Å². The summed E-state index contributed by atoms with van der Waals surface area (Å²) in [5.74, 6) is 0.830. The minimum absolute atomic E-state index is 0.0345. The number of hydrogen-bond acceptors (Lipinski definition) is 7. The van der Waals surface area contributed by atoms with E-state index in [1.54, 1.807) is 15.7 Å². The van der Waals surface area contributed by atoms with E-state index < -0.39 is 0 Å². The molecule has 9 nitrogen and oxygen atoms in total. The van der Waals surface area contributed by atoms with Crippen LogP contribution in [0.25, 0.3) is 11.0 Å². The first kappa shape index (κ1) is 20.1. The predicted octanol–water partition coefficient (Wildman–Crippen LogP) is 1.77. The molecule has 4 heterocycles. The minimum atomic E-state index is 0.0345. The molecule has 0 bridgehead atoms. The van der Waals surface area contributed by atoms with Gasteiger partial charge in [0.2, 0.25) is 0 Å². The van der Waals surface area contributed by atoms with Gasteiger partial charge < -0.3 is 5.32 Å². The number of piperidine rings is 1. The second-order valence-corrected chi connectivity index (χ2v) is 8.68. The number of aryl methyl sites for hydroxylation is 3. The molecular weight excluding hydrogens is 392 g/mol. The third-order valence-electron chi connectivity index (χ3n) is 6.66. The summed E-state index contributed by atoms with van der Waals surface area (Å²) < 4.78 is 3.44. The number of likely N-dealkylation sites (tertiary alicyclic amines) is 1. The molecule has 0 saturated carbocycles. The number of hydrogen-bond donors (Lipinski definition) is 1. The van der Waals surface area contributed by atoms with E-state index >= 15 is 0 Å². The lowest BCUT2D eigenvalue weighted by Gasteiger charge is -2.36. The highest BCUT2D eigenvalue weighted by Gasteiger charge is 2.23. The highest BCUT2D eigenvalue weighted by Crippen LogP contribution is 2.21. The summed E-state index contributed by atoms with van der Waals surface area (Å²) in [7, 11) is 1.89. The van der Waals surface area contributed by atoms with E-state index in [0.29, 0.717) is 12.6 Å². The molecular formula is C22H30N8O. The van der Waals surface area contributed by atoms with Gasteiger partial charge in [-0.15, -0.1) is 0 Å². The van der Waals surface area contributed by atoms with Crippen LogP contribution in [0.3, 0.4) is 0 Å². The molecule has 0 spiro atoms. The van der Waals surface area contributed by atoms with Gasteiger partial charge in [-0.05, 0) is 50.6 Å². The van der Waals surface area contributed by atoms with Gasteiger partial charge in [0.25, 0.3) is 5.56 Å². The third kappa shape index (κ3) is 4.19. The number of anilines is 1. The predicted molar refractivity (Wildman–Crippen MR) is 119 cm³/mol. The first-order valence-corrected chi connectivity index (χ1v) is 11.4. The largest absolute Gasteiger partial charge is 0.368 e. The summed E-state index contributed by atoms with van der Waals surface area (Å²) in [4.78, 5) is 23.8. The van der Waals surface area contributed by atoms with Crippen LogP contribution in [0.4, 0.5) is 5.82 Å². The van der Waals surface area contributed by atoms with Crippen molar-refractivity contribution in [2.75, 3.05) is 25.0 Å². The van der Waals surface area contributed by atoms with Crippen LogP contribution in [0.2, 0.25) is 0 Å². The van der Waals surface area contributed by atoms with Gasteiger partial charge in [-0.1, -0.05) is 6.42 Å². The Kier molecular flexibility index (Phi) is 5.67. The Morgan fingerprint density at radius 3 is 2.97 bits per heavy atom. The zero-order valence-corrected chi connectivity index (χ0v) is 18.1. The lowest BCUT2D eigenvalue weighted by Crippen LogP contribution is -2.45. The van der Waals surface area contributed by atoms with E-state index in [-0.39, 0.29) is 5.56 Å². The molecule has 164 valence electrons. The molecule has 0 radical (unpaired) electrons. The Hall–Kier alpha value is -2.81. The summed E-state index contributed by atoms with van der Waals surface area (Å²) >= 11 is 0. The van der Waals surface area contributed by atoms with Crippen LogP contribution in [0, 0.1) is 0 Å². The molecule has 5 rings (SSSR count). The van der Waals surface area contributed by atoms with Gasteiger partial charge in [-0.25, -0.2) is 14.6 Å². The molecule has 3 aromatic rings.